The molecule has 0 aliphatic carbocycles. The molecule has 0 aromatic carbocycles. The lowest BCUT2D eigenvalue weighted by atomic mass is 9.97. The van der Waals surface area contributed by atoms with Gasteiger partial charge in [-0.15, -0.1) is 0 Å². The molecule has 1 aliphatic heterocycles. The first-order chi connectivity index (χ1) is 7.88. The van der Waals surface area contributed by atoms with Crippen molar-refractivity contribution in [2.45, 2.75) is 43.7 Å². The molecule has 0 amide bonds. The standard InChI is InChI=1S/C9H17NO7/c1-3(8(13)14)16-7-5(10)9(15)17-4(2-11)6(7)12/h3-7,9,11-12,15H,2,10H2,1H3,(H,13,14)/t3-,4+,5-,6-,7-,9+/m0/s1. The van der Waals surface area contributed by atoms with Gasteiger partial charge in [-0.2, -0.15) is 0 Å². The van der Waals surface area contributed by atoms with Crippen LogP contribution in [0.3, 0.4) is 0 Å². The molecular formula is C9H17NO7. The maximum absolute atomic E-state index is 10.6. The molecule has 0 aromatic rings. The summed E-state index contributed by atoms with van der Waals surface area (Å²) in [6.45, 7) is 0.740. The summed E-state index contributed by atoms with van der Waals surface area (Å²) >= 11 is 0. The molecule has 1 aliphatic rings. The summed E-state index contributed by atoms with van der Waals surface area (Å²) in [6.07, 6.45) is -6.11. The van der Waals surface area contributed by atoms with Gasteiger partial charge in [0.15, 0.2) is 12.4 Å². The molecule has 8 heteroatoms. The van der Waals surface area contributed by atoms with Crippen LogP contribution in [0.4, 0.5) is 0 Å². The number of aliphatic hydroxyl groups excluding tert-OH is 3. The van der Waals surface area contributed by atoms with E-state index in [9.17, 15) is 15.0 Å². The van der Waals surface area contributed by atoms with Gasteiger partial charge in [0, 0.05) is 0 Å². The second-order valence-electron chi connectivity index (χ2n) is 3.90. The summed E-state index contributed by atoms with van der Waals surface area (Å²) in [5, 5.41) is 36.8. The first kappa shape index (κ1) is 14.3. The topological polar surface area (TPSA) is 142 Å². The van der Waals surface area contributed by atoms with E-state index in [1.165, 1.54) is 6.92 Å². The number of ether oxygens (including phenoxy) is 2. The molecule has 1 saturated heterocycles. The van der Waals surface area contributed by atoms with Gasteiger partial charge in [-0.3, -0.25) is 0 Å². The van der Waals surface area contributed by atoms with Crippen molar-refractivity contribution < 1.29 is 34.7 Å². The Labute approximate surface area is 97.6 Å². The van der Waals surface area contributed by atoms with E-state index in [1.807, 2.05) is 0 Å². The monoisotopic (exact) mass is 251 g/mol. The highest BCUT2D eigenvalue weighted by atomic mass is 16.6. The summed E-state index contributed by atoms with van der Waals surface area (Å²) in [7, 11) is 0. The zero-order chi connectivity index (χ0) is 13.2. The molecule has 1 rings (SSSR count). The van der Waals surface area contributed by atoms with Gasteiger partial charge in [0.1, 0.15) is 18.3 Å². The minimum absolute atomic E-state index is 0.535. The van der Waals surface area contributed by atoms with Crippen LogP contribution in [-0.4, -0.2) is 69.8 Å². The fourth-order valence-corrected chi connectivity index (χ4v) is 1.57. The number of hydrogen-bond acceptors (Lipinski definition) is 7. The molecule has 0 bridgehead atoms. The van der Waals surface area contributed by atoms with Crippen LogP contribution in [-0.2, 0) is 14.3 Å². The molecule has 0 unspecified atom stereocenters. The molecule has 1 heterocycles. The average molecular weight is 251 g/mol. The van der Waals surface area contributed by atoms with Crippen molar-refractivity contribution in [3.05, 3.63) is 0 Å². The summed E-state index contributed by atoms with van der Waals surface area (Å²) in [4.78, 5) is 10.6. The number of hydrogen-bond donors (Lipinski definition) is 5. The summed E-state index contributed by atoms with van der Waals surface area (Å²) < 4.78 is 9.89. The van der Waals surface area contributed by atoms with Crippen molar-refractivity contribution in [3.8, 4) is 0 Å². The molecular weight excluding hydrogens is 234 g/mol. The third kappa shape index (κ3) is 3.12. The lowest BCUT2D eigenvalue weighted by molar-refractivity contribution is -0.262. The number of nitrogens with two attached hydrogens (primary N) is 1. The average Bonchev–Trinajstić information content (AvgIpc) is 2.28. The van der Waals surface area contributed by atoms with Crippen LogP contribution in [0.5, 0.6) is 0 Å². The normalized spacial score (nSPS) is 39.9. The maximum atomic E-state index is 10.6. The number of carboxylic acid groups (broad SMARTS) is 1. The van der Waals surface area contributed by atoms with Crippen LogP contribution >= 0.6 is 0 Å². The van der Waals surface area contributed by atoms with Gasteiger partial charge in [-0.1, -0.05) is 0 Å². The third-order valence-electron chi connectivity index (χ3n) is 2.63. The predicted octanol–water partition coefficient (Wildman–Crippen LogP) is -2.76. The van der Waals surface area contributed by atoms with E-state index in [4.69, 9.17) is 25.4 Å². The zero-order valence-corrected chi connectivity index (χ0v) is 9.26. The highest BCUT2D eigenvalue weighted by Crippen LogP contribution is 2.22. The Balaban J connectivity index is 2.74. The molecule has 8 nitrogen and oxygen atoms in total. The Kier molecular flexibility index (Phi) is 4.80. The Bertz CT molecular complexity index is 274. The van der Waals surface area contributed by atoms with E-state index in [-0.39, 0.29) is 0 Å². The van der Waals surface area contributed by atoms with Crippen LogP contribution in [0.25, 0.3) is 0 Å². The van der Waals surface area contributed by atoms with E-state index in [2.05, 4.69) is 0 Å². The van der Waals surface area contributed by atoms with Crippen LogP contribution in [0.2, 0.25) is 0 Å². The van der Waals surface area contributed by atoms with Gasteiger partial charge in [0.05, 0.1) is 12.6 Å². The van der Waals surface area contributed by atoms with Crippen molar-refractivity contribution in [1.29, 1.82) is 0 Å². The second-order valence-corrected chi connectivity index (χ2v) is 3.90. The molecule has 0 spiro atoms. The Morgan fingerprint density at radius 3 is 2.59 bits per heavy atom. The van der Waals surface area contributed by atoms with Gasteiger partial charge in [0.2, 0.25) is 0 Å². The van der Waals surface area contributed by atoms with E-state index >= 15 is 0 Å². The highest BCUT2D eigenvalue weighted by Gasteiger charge is 2.44. The summed E-state index contributed by atoms with van der Waals surface area (Å²) in [5.74, 6) is -1.22. The predicted molar refractivity (Wildman–Crippen MR) is 53.9 cm³/mol. The quantitative estimate of drug-likeness (QED) is 0.361. The molecule has 0 saturated carbocycles. The third-order valence-corrected chi connectivity index (χ3v) is 2.63. The van der Waals surface area contributed by atoms with Gasteiger partial charge in [0.25, 0.3) is 0 Å². The fraction of sp³-hybridized carbons (Fsp3) is 0.889. The van der Waals surface area contributed by atoms with Gasteiger partial charge >= 0.3 is 5.97 Å². The lowest BCUT2D eigenvalue weighted by Crippen LogP contribution is -2.63. The molecule has 100 valence electrons. The van der Waals surface area contributed by atoms with Crippen LogP contribution < -0.4 is 5.73 Å². The van der Waals surface area contributed by atoms with Crippen molar-refractivity contribution in [1.82, 2.24) is 0 Å². The fourth-order valence-electron chi connectivity index (χ4n) is 1.57. The van der Waals surface area contributed by atoms with Crippen LogP contribution in [0.1, 0.15) is 6.92 Å². The van der Waals surface area contributed by atoms with Gasteiger partial charge < -0.3 is 35.6 Å². The summed E-state index contributed by atoms with van der Waals surface area (Å²) in [6, 6.07) is -1.09. The molecule has 1 fully saturated rings. The van der Waals surface area contributed by atoms with E-state index in [0.717, 1.165) is 0 Å². The number of carboxylic acids is 1. The lowest BCUT2D eigenvalue weighted by Gasteiger charge is -2.41. The SMILES string of the molecule is C[C@H](O[C@H]1[C@H](N)[C@H](O)O[C@H](CO)[C@@H]1O)C(=O)O. The van der Waals surface area contributed by atoms with E-state index < -0.39 is 49.3 Å². The van der Waals surface area contributed by atoms with Crippen molar-refractivity contribution in [2.75, 3.05) is 6.61 Å². The molecule has 6 atom stereocenters. The highest BCUT2D eigenvalue weighted by molar-refractivity contribution is 5.71. The molecule has 0 aromatic heterocycles. The van der Waals surface area contributed by atoms with Crippen LogP contribution in [0, 0.1) is 0 Å². The zero-order valence-electron chi connectivity index (χ0n) is 9.26. The van der Waals surface area contributed by atoms with Crippen molar-refractivity contribution in [2.24, 2.45) is 5.73 Å². The Morgan fingerprint density at radius 2 is 2.12 bits per heavy atom. The second kappa shape index (κ2) is 5.71. The first-order valence-corrected chi connectivity index (χ1v) is 5.14. The van der Waals surface area contributed by atoms with Crippen LogP contribution in [0.15, 0.2) is 0 Å². The molecule has 0 radical (unpaired) electrons. The van der Waals surface area contributed by atoms with Gasteiger partial charge in [-0.25, -0.2) is 4.79 Å². The Hall–Kier alpha value is -0.770. The smallest absolute Gasteiger partial charge is 0.332 e. The minimum atomic E-state index is -1.43. The largest absolute Gasteiger partial charge is 0.479 e. The van der Waals surface area contributed by atoms with E-state index in [1.54, 1.807) is 0 Å². The summed E-state index contributed by atoms with van der Waals surface area (Å²) in [5.41, 5.74) is 5.54. The number of aliphatic carboxylic acids is 1. The molecule has 6 N–H and O–H groups in total. The van der Waals surface area contributed by atoms with E-state index in [0.29, 0.717) is 0 Å². The maximum Gasteiger partial charge on any atom is 0.332 e. The Morgan fingerprint density at radius 1 is 1.53 bits per heavy atom. The van der Waals surface area contributed by atoms with Gasteiger partial charge in [-0.05, 0) is 6.92 Å². The number of rotatable bonds is 4. The molecule has 17 heavy (non-hydrogen) atoms. The minimum Gasteiger partial charge on any atom is -0.479 e. The van der Waals surface area contributed by atoms with Crippen molar-refractivity contribution in [3.63, 3.8) is 0 Å². The number of carbonyl (C=O) groups is 1. The van der Waals surface area contributed by atoms with Crippen molar-refractivity contribution >= 4 is 5.97 Å². The number of aliphatic hydroxyl groups is 3. The first-order valence-electron chi connectivity index (χ1n) is 5.14.